The number of aromatic nitrogens is 6. The molecule has 0 amide bonds. The van der Waals surface area contributed by atoms with Crippen LogP contribution in [0.15, 0.2) is 291 Å². The topological polar surface area (TPSA) is 101 Å². The van der Waals surface area contributed by atoms with Crippen LogP contribution < -0.4 is 0 Å². The number of benzene rings is 14. The van der Waals surface area contributed by atoms with Gasteiger partial charge in [-0.3, -0.25) is 0 Å². The van der Waals surface area contributed by atoms with E-state index >= 15 is 0 Å². The van der Waals surface area contributed by atoms with E-state index in [0.29, 0.717) is 40.5 Å². The molecule has 14 aromatic carbocycles. The fourth-order valence-corrected chi connectivity index (χ4v) is 17.8. The van der Waals surface area contributed by atoms with Crippen molar-refractivity contribution in [2.75, 3.05) is 0 Å². The van der Waals surface area contributed by atoms with Gasteiger partial charge in [-0.2, -0.15) is 5.26 Å². The lowest BCUT2D eigenvalue weighted by Gasteiger charge is -2.29. The van der Waals surface area contributed by atoms with Crippen LogP contribution in [-0.2, 0) is 28.1 Å². The average Bonchev–Trinajstić information content (AvgIpc) is 1.53. The molecule has 0 N–H and O–H groups in total. The highest BCUT2D eigenvalue weighted by atomic mass is 15.0. The Kier molecular flexibility index (Phi) is 15.2. The smallest absolute Gasteiger partial charge is 0.164 e. The maximum atomic E-state index is 9.94. The summed E-state index contributed by atoms with van der Waals surface area (Å²) in [6.45, 7) is 16.8. The molecule has 0 fully saturated rings. The standard InChI is InChI=1S/C97H75N7/c1-94(2)58-95(3,4)85-55-72(46-51-83(85)94)74-48-49-80(78-29-17-16-28-77(74)78)92-102-91(68-34-32-60(57-98)33-35-68)103-93(104-92)82-53-61(52-81-73-27-15-14-22-64(73)44-47-79(81)82)56-97(7)59-96(5,6)84-50-45-71(54-86(84)97)62-36-40-69(41-37-62)89-99-88(67-23-12-9-13-24-67)100-90(101-89)70-42-38-65(39-43-70)76-31-19-26-66-25-18-30-75(87(66)76)63-20-10-8-11-21-63/h8-55H,56,58-59H2,1-7H3. The molecule has 7 nitrogen and oxygen atoms in total. The minimum Gasteiger partial charge on any atom is -0.208 e. The normalized spacial score (nSPS) is 15.5. The van der Waals surface area contributed by atoms with Gasteiger partial charge in [0.2, 0.25) is 0 Å². The van der Waals surface area contributed by atoms with Crippen molar-refractivity contribution in [2.24, 2.45) is 0 Å². The van der Waals surface area contributed by atoms with E-state index in [2.05, 4.69) is 303 Å². The highest BCUT2D eigenvalue weighted by Crippen LogP contribution is 2.54. The van der Waals surface area contributed by atoms with Crippen molar-refractivity contribution >= 4 is 43.1 Å². The van der Waals surface area contributed by atoms with Crippen molar-refractivity contribution < 1.29 is 0 Å². The quantitative estimate of drug-likeness (QED) is 0.112. The average molecular weight is 1340 g/mol. The molecule has 7 heteroatoms. The number of rotatable bonds is 12. The third kappa shape index (κ3) is 11.2. The Morgan fingerprint density at radius 3 is 1.35 bits per heavy atom. The van der Waals surface area contributed by atoms with Crippen LogP contribution in [0, 0.1) is 11.3 Å². The van der Waals surface area contributed by atoms with Gasteiger partial charge in [0, 0.05) is 33.4 Å². The molecule has 18 rings (SSSR count). The highest BCUT2D eigenvalue weighted by molar-refractivity contribution is 6.12. The third-order valence-corrected chi connectivity index (χ3v) is 22.3. The Morgan fingerprint density at radius 2 is 0.712 bits per heavy atom. The monoisotopic (exact) mass is 1340 g/mol. The number of nitriles is 1. The Bertz CT molecular complexity index is 6160. The van der Waals surface area contributed by atoms with E-state index in [9.17, 15) is 5.26 Å². The van der Waals surface area contributed by atoms with Crippen LogP contribution in [0.2, 0.25) is 0 Å². The van der Waals surface area contributed by atoms with E-state index in [1.807, 2.05) is 42.5 Å². The van der Waals surface area contributed by atoms with Crippen molar-refractivity contribution in [2.45, 2.75) is 89.4 Å². The van der Waals surface area contributed by atoms with Crippen molar-refractivity contribution in [1.29, 1.82) is 5.26 Å². The number of hydrogen-bond donors (Lipinski definition) is 0. The second-order valence-electron chi connectivity index (χ2n) is 30.9. The third-order valence-electron chi connectivity index (χ3n) is 22.3. The van der Waals surface area contributed by atoms with Crippen molar-refractivity contribution in [3.05, 3.63) is 325 Å². The summed E-state index contributed by atoms with van der Waals surface area (Å²) in [5.74, 6) is 3.55. The zero-order valence-corrected chi connectivity index (χ0v) is 59.5. The molecule has 2 heterocycles. The molecule has 1 atom stereocenters. The zero-order chi connectivity index (χ0) is 70.6. The summed E-state index contributed by atoms with van der Waals surface area (Å²) in [5, 5.41) is 19.1. The van der Waals surface area contributed by atoms with Crippen LogP contribution >= 0.6 is 0 Å². The van der Waals surface area contributed by atoms with Gasteiger partial charge >= 0.3 is 0 Å². The van der Waals surface area contributed by atoms with Crippen LogP contribution in [0.25, 0.3) is 156 Å². The van der Waals surface area contributed by atoms with Gasteiger partial charge in [0.1, 0.15) is 0 Å². The summed E-state index contributed by atoms with van der Waals surface area (Å²) in [5.41, 5.74) is 21.9. The SMILES string of the molecule is CC1(C)CC(C)(C)c2cc(-c3ccc(-c4nc(-c5ccc(C#N)cc5)nc(-c5cc(CC6(C)CC(C)(C)c7ccc(-c8ccc(-c9nc(-c%10ccccc%10)nc(-c%10ccc(-c%11cccc%12cccc(-c%13ccccc%13)c%11%12)cc%10)n9)cc8)cc76)cc6c5ccc5ccccc56)n4)c4ccccc34)ccc21. The maximum absolute atomic E-state index is 9.94. The molecule has 498 valence electrons. The number of hydrogen-bond acceptors (Lipinski definition) is 7. The lowest BCUT2D eigenvalue weighted by Crippen LogP contribution is -2.24. The lowest BCUT2D eigenvalue weighted by atomic mass is 9.75. The molecule has 0 aliphatic heterocycles. The second kappa shape index (κ2) is 24.7. The summed E-state index contributed by atoms with van der Waals surface area (Å²) in [6, 6.07) is 107. The van der Waals surface area contributed by atoms with Crippen LogP contribution in [0.5, 0.6) is 0 Å². The summed E-state index contributed by atoms with van der Waals surface area (Å²) < 4.78 is 0. The fraction of sp³-hybridized carbons (Fsp3) is 0.144. The first-order valence-corrected chi connectivity index (χ1v) is 36.2. The Hall–Kier alpha value is -12.4. The van der Waals surface area contributed by atoms with Gasteiger partial charge in [-0.25, -0.2) is 29.9 Å². The number of nitrogens with zero attached hydrogens (tertiary/aromatic N) is 7. The van der Waals surface area contributed by atoms with E-state index < -0.39 is 0 Å². The predicted octanol–water partition coefficient (Wildman–Crippen LogP) is 24.4. The Labute approximate surface area is 607 Å². The zero-order valence-electron chi connectivity index (χ0n) is 59.5. The molecule has 16 aromatic rings. The summed E-state index contributed by atoms with van der Waals surface area (Å²) >= 11 is 0. The predicted molar refractivity (Wildman–Crippen MR) is 428 cm³/mol. The van der Waals surface area contributed by atoms with Crippen molar-refractivity contribution in [3.63, 3.8) is 0 Å². The molecule has 0 saturated heterocycles. The fourth-order valence-electron chi connectivity index (χ4n) is 17.8. The van der Waals surface area contributed by atoms with Gasteiger partial charge in [-0.1, -0.05) is 303 Å². The first-order chi connectivity index (χ1) is 50.5. The van der Waals surface area contributed by atoms with E-state index in [1.54, 1.807) is 0 Å². The van der Waals surface area contributed by atoms with Crippen LogP contribution in [0.4, 0.5) is 0 Å². The molecule has 0 saturated carbocycles. The van der Waals surface area contributed by atoms with E-state index in [4.69, 9.17) is 29.9 Å². The van der Waals surface area contributed by atoms with Crippen molar-refractivity contribution in [3.8, 4) is 119 Å². The Balaban J connectivity index is 0.707. The van der Waals surface area contributed by atoms with Crippen LogP contribution in [0.1, 0.15) is 94.7 Å². The summed E-state index contributed by atoms with van der Waals surface area (Å²) in [6.07, 6.45) is 2.83. The van der Waals surface area contributed by atoms with Gasteiger partial charge in [0.25, 0.3) is 0 Å². The van der Waals surface area contributed by atoms with Gasteiger partial charge in [-0.15, -0.1) is 0 Å². The molecular weight excluding hydrogens is 1260 g/mol. The molecule has 104 heavy (non-hydrogen) atoms. The lowest BCUT2D eigenvalue weighted by molar-refractivity contribution is 0.374. The molecule has 0 bridgehead atoms. The highest BCUT2D eigenvalue weighted by Gasteiger charge is 2.45. The summed E-state index contributed by atoms with van der Waals surface area (Å²) in [7, 11) is 0. The van der Waals surface area contributed by atoms with Crippen LogP contribution in [0.3, 0.4) is 0 Å². The molecule has 2 aromatic heterocycles. The minimum atomic E-state index is -0.263. The molecule has 0 radical (unpaired) electrons. The second-order valence-corrected chi connectivity index (χ2v) is 30.9. The molecule has 0 spiro atoms. The van der Waals surface area contributed by atoms with Gasteiger partial charge in [-0.05, 0) is 193 Å². The Morgan fingerprint density at radius 1 is 0.279 bits per heavy atom. The largest absolute Gasteiger partial charge is 0.208 e. The maximum Gasteiger partial charge on any atom is 0.164 e. The van der Waals surface area contributed by atoms with Gasteiger partial charge < -0.3 is 0 Å². The van der Waals surface area contributed by atoms with E-state index in [-0.39, 0.29) is 21.7 Å². The molecule has 1 unspecified atom stereocenters. The van der Waals surface area contributed by atoms with Gasteiger partial charge in [0.15, 0.2) is 34.9 Å². The summed E-state index contributed by atoms with van der Waals surface area (Å²) in [4.78, 5) is 32.0. The molecular formula is C97H75N7. The van der Waals surface area contributed by atoms with E-state index in [1.165, 1.54) is 77.2 Å². The number of fused-ring (bicyclic) bond motifs is 7. The first kappa shape index (κ1) is 63.8. The minimum absolute atomic E-state index is 0.0585. The molecule has 2 aliphatic rings. The molecule has 2 aliphatic carbocycles. The van der Waals surface area contributed by atoms with E-state index in [0.717, 1.165) is 90.9 Å². The van der Waals surface area contributed by atoms with Crippen LogP contribution in [-0.4, -0.2) is 29.9 Å². The first-order valence-electron chi connectivity index (χ1n) is 36.2. The van der Waals surface area contributed by atoms with Gasteiger partial charge in [0.05, 0.1) is 11.6 Å². The van der Waals surface area contributed by atoms with Crippen molar-refractivity contribution in [1.82, 2.24) is 29.9 Å².